The number of hydrogen-bond donors (Lipinski definition) is 0. The lowest BCUT2D eigenvalue weighted by Gasteiger charge is -2.13. The Balaban J connectivity index is 1.88. The van der Waals surface area contributed by atoms with Gasteiger partial charge in [0, 0.05) is 0 Å². The predicted molar refractivity (Wildman–Crippen MR) is 43.8 cm³/mol. The molecule has 0 heteroatoms. The third-order valence-electron chi connectivity index (χ3n) is 3.44. The van der Waals surface area contributed by atoms with Crippen LogP contribution in [0.5, 0.6) is 0 Å². The van der Waals surface area contributed by atoms with Crippen LogP contribution in [0, 0.1) is 17.8 Å². The van der Waals surface area contributed by atoms with Gasteiger partial charge in [0.25, 0.3) is 0 Å². The Hall–Kier alpha value is 0. The fourth-order valence-electron chi connectivity index (χ4n) is 2.56. The zero-order valence-electron chi connectivity index (χ0n) is 6.97. The van der Waals surface area contributed by atoms with E-state index in [1.807, 2.05) is 0 Å². The SMILES string of the molecule is CC1CCCCCC2CC12. The molecule has 10 heavy (non-hydrogen) atoms. The molecule has 0 aromatic carbocycles. The first kappa shape index (κ1) is 6.69. The normalized spacial score (nSPS) is 47.1. The maximum Gasteiger partial charge on any atom is -0.0357 e. The maximum absolute atomic E-state index is 2.45. The van der Waals surface area contributed by atoms with E-state index in [0.717, 1.165) is 17.8 Å². The lowest BCUT2D eigenvalue weighted by Crippen LogP contribution is -2.02. The van der Waals surface area contributed by atoms with Crippen LogP contribution < -0.4 is 0 Å². The second kappa shape index (κ2) is 2.56. The molecule has 0 aromatic heterocycles. The lowest BCUT2D eigenvalue weighted by molar-refractivity contribution is 0.382. The van der Waals surface area contributed by atoms with E-state index < -0.39 is 0 Å². The van der Waals surface area contributed by atoms with Gasteiger partial charge in [0.2, 0.25) is 0 Å². The molecule has 0 spiro atoms. The van der Waals surface area contributed by atoms with E-state index in [1.54, 1.807) is 12.8 Å². The summed E-state index contributed by atoms with van der Waals surface area (Å²) in [6, 6.07) is 0. The minimum Gasteiger partial charge on any atom is -0.0622 e. The van der Waals surface area contributed by atoms with Crippen molar-refractivity contribution >= 4 is 0 Å². The van der Waals surface area contributed by atoms with Crippen molar-refractivity contribution in [3.8, 4) is 0 Å². The molecule has 0 aromatic rings. The Labute approximate surface area is 64.0 Å². The minimum absolute atomic E-state index is 1.06. The van der Waals surface area contributed by atoms with Crippen molar-refractivity contribution in [2.45, 2.75) is 45.4 Å². The Bertz CT molecular complexity index is 117. The van der Waals surface area contributed by atoms with Gasteiger partial charge in [-0.05, 0) is 24.2 Å². The average Bonchev–Trinajstić information content (AvgIpc) is 2.62. The van der Waals surface area contributed by atoms with Crippen molar-refractivity contribution in [3.63, 3.8) is 0 Å². The fraction of sp³-hybridized carbons (Fsp3) is 1.00. The minimum atomic E-state index is 1.06. The van der Waals surface area contributed by atoms with Crippen molar-refractivity contribution in [2.75, 3.05) is 0 Å². The summed E-state index contributed by atoms with van der Waals surface area (Å²) < 4.78 is 0. The molecule has 3 atom stereocenters. The van der Waals surface area contributed by atoms with E-state index in [1.165, 1.54) is 25.7 Å². The highest BCUT2D eigenvalue weighted by atomic mass is 14.5. The highest BCUT2D eigenvalue weighted by molar-refractivity contribution is 4.90. The van der Waals surface area contributed by atoms with Crippen molar-refractivity contribution in [3.05, 3.63) is 0 Å². The van der Waals surface area contributed by atoms with Gasteiger partial charge in [-0.15, -0.1) is 0 Å². The molecule has 0 nitrogen and oxygen atoms in total. The highest BCUT2D eigenvalue weighted by Gasteiger charge is 2.40. The van der Waals surface area contributed by atoms with E-state index in [0.29, 0.717) is 0 Å². The van der Waals surface area contributed by atoms with E-state index in [2.05, 4.69) is 6.92 Å². The molecule has 2 rings (SSSR count). The summed E-state index contributed by atoms with van der Waals surface area (Å²) >= 11 is 0. The standard InChI is InChI=1S/C10H18/c1-8-5-3-2-4-6-9-7-10(8)9/h8-10H,2-7H2,1H3. The van der Waals surface area contributed by atoms with Gasteiger partial charge in [-0.3, -0.25) is 0 Å². The maximum atomic E-state index is 2.45. The van der Waals surface area contributed by atoms with Gasteiger partial charge in [0.1, 0.15) is 0 Å². The van der Waals surface area contributed by atoms with Crippen LogP contribution in [-0.4, -0.2) is 0 Å². The van der Waals surface area contributed by atoms with Gasteiger partial charge >= 0.3 is 0 Å². The molecule has 0 radical (unpaired) electrons. The quantitative estimate of drug-likeness (QED) is 0.482. The fourth-order valence-corrected chi connectivity index (χ4v) is 2.56. The van der Waals surface area contributed by atoms with E-state index >= 15 is 0 Å². The van der Waals surface area contributed by atoms with Crippen LogP contribution in [-0.2, 0) is 0 Å². The van der Waals surface area contributed by atoms with Gasteiger partial charge in [-0.2, -0.15) is 0 Å². The second-order valence-corrected chi connectivity index (χ2v) is 4.27. The second-order valence-electron chi connectivity index (χ2n) is 4.27. The molecule has 2 saturated carbocycles. The molecule has 0 heterocycles. The van der Waals surface area contributed by atoms with Crippen molar-refractivity contribution in [2.24, 2.45) is 17.8 Å². The topological polar surface area (TPSA) is 0 Å². The molecule has 0 aliphatic heterocycles. The lowest BCUT2D eigenvalue weighted by atomic mass is 9.93. The molecule has 0 amide bonds. The Morgan fingerprint density at radius 2 is 1.80 bits per heavy atom. The van der Waals surface area contributed by atoms with Gasteiger partial charge in [0.15, 0.2) is 0 Å². The largest absolute Gasteiger partial charge is 0.0622 e. The highest BCUT2D eigenvalue weighted by Crippen LogP contribution is 2.50. The third-order valence-corrected chi connectivity index (χ3v) is 3.44. The Morgan fingerprint density at radius 1 is 1.00 bits per heavy atom. The molecule has 2 aliphatic carbocycles. The van der Waals surface area contributed by atoms with Gasteiger partial charge < -0.3 is 0 Å². The monoisotopic (exact) mass is 138 g/mol. The van der Waals surface area contributed by atoms with Crippen LogP contribution in [0.3, 0.4) is 0 Å². The molecule has 0 N–H and O–H groups in total. The molecule has 0 bridgehead atoms. The van der Waals surface area contributed by atoms with Gasteiger partial charge in [-0.25, -0.2) is 0 Å². The molecule has 2 aliphatic rings. The average molecular weight is 138 g/mol. The number of fused-ring (bicyclic) bond motifs is 1. The summed E-state index contributed by atoms with van der Waals surface area (Å²) in [5.74, 6) is 3.38. The van der Waals surface area contributed by atoms with Crippen molar-refractivity contribution < 1.29 is 0 Å². The number of rotatable bonds is 0. The van der Waals surface area contributed by atoms with E-state index in [-0.39, 0.29) is 0 Å². The number of hydrogen-bond acceptors (Lipinski definition) is 0. The molecule has 58 valence electrons. The van der Waals surface area contributed by atoms with Crippen molar-refractivity contribution in [1.29, 1.82) is 0 Å². The van der Waals surface area contributed by atoms with Crippen LogP contribution in [0.25, 0.3) is 0 Å². The summed E-state index contributed by atoms with van der Waals surface area (Å²) in [6.07, 6.45) is 9.17. The third kappa shape index (κ3) is 1.21. The Morgan fingerprint density at radius 3 is 2.70 bits per heavy atom. The predicted octanol–water partition coefficient (Wildman–Crippen LogP) is 3.22. The van der Waals surface area contributed by atoms with Crippen LogP contribution in [0.2, 0.25) is 0 Å². The molecule has 2 fully saturated rings. The van der Waals surface area contributed by atoms with Crippen molar-refractivity contribution in [1.82, 2.24) is 0 Å². The molecule has 0 saturated heterocycles. The molecule has 3 unspecified atom stereocenters. The summed E-state index contributed by atoms with van der Waals surface area (Å²) in [4.78, 5) is 0. The first-order valence-electron chi connectivity index (χ1n) is 4.88. The Kier molecular flexibility index (Phi) is 1.71. The van der Waals surface area contributed by atoms with E-state index in [9.17, 15) is 0 Å². The summed E-state index contributed by atoms with van der Waals surface area (Å²) in [6.45, 7) is 2.45. The first-order chi connectivity index (χ1) is 4.88. The molecular weight excluding hydrogens is 120 g/mol. The van der Waals surface area contributed by atoms with Crippen LogP contribution in [0.15, 0.2) is 0 Å². The zero-order valence-corrected chi connectivity index (χ0v) is 6.97. The van der Waals surface area contributed by atoms with Gasteiger partial charge in [-0.1, -0.05) is 39.0 Å². The van der Waals surface area contributed by atoms with Crippen LogP contribution >= 0.6 is 0 Å². The van der Waals surface area contributed by atoms with E-state index in [4.69, 9.17) is 0 Å². The zero-order chi connectivity index (χ0) is 6.97. The molecular formula is C10H18. The van der Waals surface area contributed by atoms with Crippen LogP contribution in [0.4, 0.5) is 0 Å². The smallest absolute Gasteiger partial charge is 0.0357 e. The first-order valence-corrected chi connectivity index (χ1v) is 4.88. The van der Waals surface area contributed by atoms with Gasteiger partial charge in [0.05, 0.1) is 0 Å². The summed E-state index contributed by atoms with van der Waals surface area (Å²) in [5, 5.41) is 0. The summed E-state index contributed by atoms with van der Waals surface area (Å²) in [5.41, 5.74) is 0. The van der Waals surface area contributed by atoms with Crippen LogP contribution in [0.1, 0.15) is 45.4 Å². The summed E-state index contributed by atoms with van der Waals surface area (Å²) in [7, 11) is 0.